The Morgan fingerprint density at radius 3 is 2.40 bits per heavy atom. The maximum atomic E-state index is 8.27. The third kappa shape index (κ3) is 1.14. The Morgan fingerprint density at radius 1 is 1.20 bits per heavy atom. The summed E-state index contributed by atoms with van der Waals surface area (Å²) in [5.41, 5.74) is 2.47. The molecule has 0 amide bonds. The van der Waals surface area contributed by atoms with Crippen LogP contribution in [0.25, 0.3) is 0 Å². The molecule has 15 heavy (non-hydrogen) atoms. The van der Waals surface area contributed by atoms with Crippen molar-refractivity contribution in [2.24, 2.45) is 0 Å². The molecule has 2 rings (SSSR count). The van der Waals surface area contributed by atoms with Gasteiger partial charge in [-0.1, -0.05) is 32.0 Å². The third-order valence-electron chi connectivity index (χ3n) is 3.78. The maximum absolute atomic E-state index is 8.27. The van der Waals surface area contributed by atoms with Crippen LogP contribution in [0.1, 0.15) is 32.3 Å². The van der Waals surface area contributed by atoms with Crippen molar-refractivity contribution in [2.45, 2.75) is 32.1 Å². The number of para-hydroxylation sites is 1. The van der Waals surface area contributed by atoms with Gasteiger partial charge < -0.3 is 4.90 Å². The van der Waals surface area contributed by atoms with E-state index in [1.54, 1.807) is 0 Å². The van der Waals surface area contributed by atoms with Crippen LogP contribution in [0, 0.1) is 5.41 Å². The minimum Gasteiger partial charge on any atom is -0.332 e. The summed E-state index contributed by atoms with van der Waals surface area (Å²) in [5.74, 6) is 0.744. The van der Waals surface area contributed by atoms with Gasteiger partial charge in [0.1, 0.15) is 5.84 Å². The fraction of sp³-hybridized carbons (Fsp3) is 0.462. The fourth-order valence-corrected chi connectivity index (χ4v) is 2.71. The highest BCUT2D eigenvalue weighted by Crippen LogP contribution is 2.45. The van der Waals surface area contributed by atoms with Gasteiger partial charge in [0.2, 0.25) is 0 Å². The monoisotopic (exact) mass is 202 g/mol. The molecule has 1 aromatic rings. The van der Waals surface area contributed by atoms with Gasteiger partial charge in [0.05, 0.1) is 5.41 Å². The van der Waals surface area contributed by atoms with Gasteiger partial charge >= 0.3 is 0 Å². The second-order valence-electron chi connectivity index (χ2n) is 4.21. The van der Waals surface area contributed by atoms with E-state index in [9.17, 15) is 0 Å². The molecule has 1 aliphatic rings. The molecule has 1 heterocycles. The largest absolute Gasteiger partial charge is 0.332 e. The number of likely N-dealkylation sites (N-methyl/N-ethyl adjacent to an activating group) is 1. The molecule has 0 fully saturated rings. The zero-order chi connectivity index (χ0) is 11.1. The van der Waals surface area contributed by atoms with Crippen LogP contribution in [0.3, 0.4) is 0 Å². The molecule has 0 saturated carbocycles. The Hall–Kier alpha value is -1.31. The number of nitrogens with one attached hydrogen (secondary N) is 1. The Balaban J connectivity index is 2.65. The first kappa shape index (κ1) is 10.2. The van der Waals surface area contributed by atoms with Crippen molar-refractivity contribution in [1.29, 1.82) is 5.41 Å². The van der Waals surface area contributed by atoms with Crippen LogP contribution in [-0.2, 0) is 5.41 Å². The second-order valence-corrected chi connectivity index (χ2v) is 4.21. The average Bonchev–Trinajstić information content (AvgIpc) is 2.51. The van der Waals surface area contributed by atoms with Gasteiger partial charge in [-0.2, -0.15) is 0 Å². The molecule has 0 saturated heterocycles. The van der Waals surface area contributed by atoms with E-state index in [1.807, 2.05) is 18.0 Å². The maximum Gasteiger partial charge on any atom is 0.111 e. The SMILES string of the molecule is CCC1(CC)C(=N)N(C)c2ccccc21. The molecule has 0 radical (unpaired) electrons. The fourth-order valence-electron chi connectivity index (χ4n) is 2.71. The number of nitrogens with zero attached hydrogens (tertiary/aromatic N) is 1. The lowest BCUT2D eigenvalue weighted by Gasteiger charge is -2.27. The second kappa shape index (κ2) is 3.37. The van der Waals surface area contributed by atoms with Gasteiger partial charge in [-0.15, -0.1) is 0 Å². The number of fused-ring (bicyclic) bond motifs is 1. The molecule has 0 spiro atoms. The number of benzene rings is 1. The predicted octanol–water partition coefficient (Wildman–Crippen LogP) is 3.17. The quantitative estimate of drug-likeness (QED) is 0.783. The van der Waals surface area contributed by atoms with Crippen LogP contribution in [0.2, 0.25) is 0 Å². The molecule has 2 nitrogen and oxygen atoms in total. The first-order valence-electron chi connectivity index (χ1n) is 5.59. The molecular formula is C13H18N2. The molecule has 0 unspecified atom stereocenters. The molecule has 80 valence electrons. The summed E-state index contributed by atoms with van der Waals surface area (Å²) < 4.78 is 0. The van der Waals surface area contributed by atoms with E-state index in [2.05, 4.69) is 32.0 Å². The van der Waals surface area contributed by atoms with Gasteiger partial charge in [-0.3, -0.25) is 5.41 Å². The van der Waals surface area contributed by atoms with Crippen molar-refractivity contribution in [3.05, 3.63) is 29.8 Å². The van der Waals surface area contributed by atoms with Crippen molar-refractivity contribution in [3.63, 3.8) is 0 Å². The zero-order valence-electron chi connectivity index (χ0n) is 9.67. The minimum absolute atomic E-state index is 0.0503. The summed E-state index contributed by atoms with van der Waals surface area (Å²) in [5, 5.41) is 8.27. The molecular weight excluding hydrogens is 184 g/mol. The standard InChI is InChI=1S/C13H18N2/c1-4-13(5-2)10-8-6-7-9-11(10)15(3)12(13)14/h6-9,14H,4-5H2,1-3H3. The lowest BCUT2D eigenvalue weighted by atomic mass is 9.77. The molecule has 1 aromatic carbocycles. The molecule has 2 heteroatoms. The van der Waals surface area contributed by atoms with E-state index >= 15 is 0 Å². The van der Waals surface area contributed by atoms with Crippen molar-refractivity contribution in [3.8, 4) is 0 Å². The topological polar surface area (TPSA) is 27.1 Å². The average molecular weight is 202 g/mol. The van der Waals surface area contributed by atoms with E-state index < -0.39 is 0 Å². The number of hydrogen-bond donors (Lipinski definition) is 1. The Kier molecular flexibility index (Phi) is 2.29. The molecule has 1 N–H and O–H groups in total. The molecule has 0 aromatic heterocycles. The Morgan fingerprint density at radius 2 is 1.80 bits per heavy atom. The third-order valence-corrected chi connectivity index (χ3v) is 3.78. The van der Waals surface area contributed by atoms with Gasteiger partial charge in [-0.05, 0) is 24.5 Å². The lowest BCUT2D eigenvalue weighted by molar-refractivity contribution is 0.540. The van der Waals surface area contributed by atoms with Gasteiger partial charge in [0, 0.05) is 12.7 Å². The van der Waals surface area contributed by atoms with Crippen LogP contribution >= 0.6 is 0 Å². The van der Waals surface area contributed by atoms with Gasteiger partial charge in [0.15, 0.2) is 0 Å². The first-order valence-corrected chi connectivity index (χ1v) is 5.59. The summed E-state index contributed by atoms with van der Waals surface area (Å²) in [6, 6.07) is 8.40. The van der Waals surface area contributed by atoms with Crippen molar-refractivity contribution < 1.29 is 0 Å². The summed E-state index contributed by atoms with van der Waals surface area (Å²) in [7, 11) is 1.99. The summed E-state index contributed by atoms with van der Waals surface area (Å²) >= 11 is 0. The molecule has 0 atom stereocenters. The predicted molar refractivity (Wildman–Crippen MR) is 64.8 cm³/mol. The summed E-state index contributed by atoms with van der Waals surface area (Å²) in [6.07, 6.45) is 2.01. The summed E-state index contributed by atoms with van der Waals surface area (Å²) in [6.45, 7) is 4.35. The van der Waals surface area contributed by atoms with E-state index in [0.29, 0.717) is 0 Å². The van der Waals surface area contributed by atoms with Crippen molar-refractivity contribution in [1.82, 2.24) is 0 Å². The van der Waals surface area contributed by atoms with Gasteiger partial charge in [-0.25, -0.2) is 0 Å². The van der Waals surface area contributed by atoms with Crippen LogP contribution in [-0.4, -0.2) is 12.9 Å². The Bertz CT molecular complexity index is 391. The van der Waals surface area contributed by atoms with E-state index in [0.717, 1.165) is 18.7 Å². The number of rotatable bonds is 2. The van der Waals surface area contributed by atoms with Crippen molar-refractivity contribution >= 4 is 11.5 Å². The highest BCUT2D eigenvalue weighted by Gasteiger charge is 2.43. The summed E-state index contributed by atoms with van der Waals surface area (Å²) in [4.78, 5) is 2.02. The number of anilines is 1. The van der Waals surface area contributed by atoms with Crippen LogP contribution in [0.5, 0.6) is 0 Å². The molecule has 0 aliphatic carbocycles. The lowest BCUT2D eigenvalue weighted by Crippen LogP contribution is -2.36. The van der Waals surface area contributed by atoms with Crippen molar-refractivity contribution in [2.75, 3.05) is 11.9 Å². The van der Waals surface area contributed by atoms with Crippen LogP contribution in [0.4, 0.5) is 5.69 Å². The highest BCUT2D eigenvalue weighted by atomic mass is 15.2. The van der Waals surface area contributed by atoms with Crippen LogP contribution < -0.4 is 4.90 Å². The highest BCUT2D eigenvalue weighted by molar-refractivity contribution is 6.09. The number of amidine groups is 1. The minimum atomic E-state index is -0.0503. The normalized spacial score (nSPS) is 18.1. The first-order chi connectivity index (χ1) is 7.17. The van der Waals surface area contributed by atoms with E-state index in [4.69, 9.17) is 5.41 Å². The molecule has 0 bridgehead atoms. The van der Waals surface area contributed by atoms with Crippen LogP contribution in [0.15, 0.2) is 24.3 Å². The zero-order valence-corrected chi connectivity index (χ0v) is 9.67. The van der Waals surface area contributed by atoms with E-state index in [-0.39, 0.29) is 5.41 Å². The Labute approximate surface area is 91.4 Å². The van der Waals surface area contributed by atoms with Gasteiger partial charge in [0.25, 0.3) is 0 Å². The van der Waals surface area contributed by atoms with E-state index in [1.165, 1.54) is 11.3 Å². The smallest absolute Gasteiger partial charge is 0.111 e. The number of hydrogen-bond acceptors (Lipinski definition) is 1. The molecule has 1 aliphatic heterocycles.